The molecule has 2 aliphatic rings. The molecule has 7 nitrogen and oxygen atoms in total. The summed E-state index contributed by atoms with van der Waals surface area (Å²) in [4.78, 5) is 39.6. The van der Waals surface area contributed by atoms with Crippen LogP contribution in [0.15, 0.2) is 30.3 Å². The van der Waals surface area contributed by atoms with Gasteiger partial charge in [-0.1, -0.05) is 36.8 Å². The monoisotopic (exact) mass is 429 g/mol. The molecule has 3 amide bonds. The Morgan fingerprint density at radius 3 is 2.52 bits per heavy atom. The van der Waals surface area contributed by atoms with Gasteiger partial charge in [0.25, 0.3) is 0 Å². The second kappa shape index (κ2) is 10.6. The Bertz CT molecular complexity index is 761. The maximum atomic E-state index is 12.5. The zero-order valence-corrected chi connectivity index (χ0v) is 18.8. The van der Waals surface area contributed by atoms with Crippen LogP contribution in [0.5, 0.6) is 0 Å². The Morgan fingerprint density at radius 2 is 1.84 bits per heavy atom. The van der Waals surface area contributed by atoms with E-state index in [1.807, 2.05) is 42.2 Å². The first-order valence-electron chi connectivity index (χ1n) is 11.4. The number of rotatable bonds is 9. The highest BCUT2D eigenvalue weighted by atomic mass is 16.6. The van der Waals surface area contributed by atoms with Crippen LogP contribution in [0.3, 0.4) is 0 Å². The number of amides is 3. The van der Waals surface area contributed by atoms with Gasteiger partial charge in [0, 0.05) is 45.4 Å². The fraction of sp³-hybridized carbons (Fsp3) is 0.625. The van der Waals surface area contributed by atoms with E-state index in [1.54, 1.807) is 4.90 Å². The van der Waals surface area contributed by atoms with Gasteiger partial charge in [0.2, 0.25) is 11.8 Å². The Balaban J connectivity index is 1.40. The van der Waals surface area contributed by atoms with Crippen LogP contribution in [0.1, 0.15) is 57.9 Å². The molecule has 0 radical (unpaired) electrons. The Morgan fingerprint density at radius 1 is 1.13 bits per heavy atom. The van der Waals surface area contributed by atoms with E-state index in [-0.39, 0.29) is 23.8 Å². The van der Waals surface area contributed by atoms with Crippen molar-refractivity contribution in [3.63, 3.8) is 0 Å². The first-order valence-corrected chi connectivity index (χ1v) is 11.4. The Hall–Kier alpha value is -2.57. The summed E-state index contributed by atoms with van der Waals surface area (Å²) >= 11 is 0. The van der Waals surface area contributed by atoms with Gasteiger partial charge in [-0.3, -0.25) is 14.5 Å². The number of carbonyl (C=O) groups excluding carboxylic acids is 3. The lowest BCUT2D eigenvalue weighted by Gasteiger charge is -2.39. The average molecular weight is 430 g/mol. The van der Waals surface area contributed by atoms with Gasteiger partial charge in [-0.05, 0) is 38.2 Å². The molecular formula is C24H35N3O4. The van der Waals surface area contributed by atoms with Crippen molar-refractivity contribution in [2.24, 2.45) is 5.92 Å². The van der Waals surface area contributed by atoms with Gasteiger partial charge in [0.15, 0.2) is 0 Å². The quantitative estimate of drug-likeness (QED) is 0.611. The van der Waals surface area contributed by atoms with Crippen molar-refractivity contribution < 1.29 is 19.1 Å². The molecule has 2 fully saturated rings. The summed E-state index contributed by atoms with van der Waals surface area (Å²) in [5, 5.41) is 2.78. The van der Waals surface area contributed by atoms with Crippen LogP contribution in [-0.4, -0.2) is 59.5 Å². The molecule has 1 N–H and O–H groups in total. The van der Waals surface area contributed by atoms with Gasteiger partial charge >= 0.3 is 6.09 Å². The summed E-state index contributed by atoms with van der Waals surface area (Å²) < 4.78 is 5.84. The third-order valence-electron chi connectivity index (χ3n) is 6.45. The number of cyclic esters (lactones) is 1. The normalized spacial score (nSPS) is 21.8. The van der Waals surface area contributed by atoms with Gasteiger partial charge in [-0.2, -0.15) is 0 Å². The minimum Gasteiger partial charge on any atom is -0.441 e. The summed E-state index contributed by atoms with van der Waals surface area (Å²) in [5.74, 6) is 0.458. The molecule has 7 heteroatoms. The van der Waals surface area contributed by atoms with Crippen molar-refractivity contribution in [3.05, 3.63) is 35.9 Å². The van der Waals surface area contributed by atoms with Crippen molar-refractivity contribution in [2.75, 3.05) is 26.2 Å². The van der Waals surface area contributed by atoms with Crippen LogP contribution in [-0.2, 0) is 20.9 Å². The number of hydrogen-bond acceptors (Lipinski definition) is 4. The molecular weight excluding hydrogens is 394 g/mol. The number of carbonyl (C=O) groups is 3. The predicted molar refractivity (Wildman–Crippen MR) is 118 cm³/mol. The second-order valence-corrected chi connectivity index (χ2v) is 8.97. The van der Waals surface area contributed by atoms with E-state index in [1.165, 1.54) is 6.92 Å². The molecule has 2 saturated heterocycles. The van der Waals surface area contributed by atoms with Crippen molar-refractivity contribution >= 4 is 17.9 Å². The van der Waals surface area contributed by atoms with Crippen LogP contribution >= 0.6 is 0 Å². The molecule has 1 aromatic rings. The predicted octanol–water partition coefficient (Wildman–Crippen LogP) is 3.33. The Labute approximate surface area is 185 Å². The summed E-state index contributed by atoms with van der Waals surface area (Å²) in [5.41, 5.74) is 0.603. The highest BCUT2D eigenvalue weighted by Crippen LogP contribution is 2.37. The number of benzene rings is 1. The van der Waals surface area contributed by atoms with Gasteiger partial charge in [-0.15, -0.1) is 0 Å². The van der Waals surface area contributed by atoms with E-state index >= 15 is 0 Å². The highest BCUT2D eigenvalue weighted by molar-refractivity contribution is 5.76. The number of likely N-dealkylation sites (tertiary alicyclic amines) is 1. The zero-order chi connectivity index (χ0) is 22.3. The summed E-state index contributed by atoms with van der Waals surface area (Å²) in [6.07, 6.45) is 4.72. The fourth-order valence-corrected chi connectivity index (χ4v) is 4.62. The summed E-state index contributed by atoms with van der Waals surface area (Å²) in [7, 11) is 0. The summed E-state index contributed by atoms with van der Waals surface area (Å²) in [6.45, 7) is 6.83. The molecule has 1 aromatic carbocycles. The minimum absolute atomic E-state index is 0.0104. The first kappa shape index (κ1) is 23.1. The van der Waals surface area contributed by atoms with Crippen molar-refractivity contribution in [2.45, 2.75) is 64.5 Å². The molecule has 0 aromatic heterocycles. The second-order valence-electron chi connectivity index (χ2n) is 8.97. The molecule has 0 bridgehead atoms. The number of nitrogens with one attached hydrogen (secondary N) is 1. The lowest BCUT2D eigenvalue weighted by atomic mass is 9.81. The highest BCUT2D eigenvalue weighted by Gasteiger charge is 2.47. The lowest BCUT2D eigenvalue weighted by molar-refractivity contribution is -0.134. The van der Waals surface area contributed by atoms with Crippen LogP contribution in [0, 0.1) is 5.92 Å². The molecule has 170 valence electrons. The van der Waals surface area contributed by atoms with Crippen LogP contribution in [0.4, 0.5) is 4.79 Å². The van der Waals surface area contributed by atoms with Crippen LogP contribution < -0.4 is 5.32 Å². The molecule has 2 aliphatic heterocycles. The van der Waals surface area contributed by atoms with Crippen LogP contribution in [0.25, 0.3) is 0 Å². The Kier molecular flexibility index (Phi) is 7.93. The summed E-state index contributed by atoms with van der Waals surface area (Å²) in [6, 6.07) is 9.97. The van der Waals surface area contributed by atoms with E-state index in [2.05, 4.69) is 5.32 Å². The topological polar surface area (TPSA) is 79.0 Å². The minimum atomic E-state index is -0.495. The van der Waals surface area contributed by atoms with Gasteiger partial charge in [0.1, 0.15) is 5.60 Å². The smallest absolute Gasteiger partial charge is 0.410 e. The number of nitrogens with zero attached hydrogens (tertiary/aromatic N) is 2. The van der Waals surface area contributed by atoms with E-state index in [9.17, 15) is 14.4 Å². The van der Waals surface area contributed by atoms with Crippen LogP contribution in [0.2, 0.25) is 0 Å². The molecule has 0 aliphatic carbocycles. The molecule has 3 rings (SSSR count). The average Bonchev–Trinajstić information content (AvgIpc) is 3.05. The zero-order valence-electron chi connectivity index (χ0n) is 18.8. The van der Waals surface area contributed by atoms with E-state index in [0.29, 0.717) is 26.1 Å². The van der Waals surface area contributed by atoms with Crippen molar-refractivity contribution in [1.29, 1.82) is 0 Å². The molecule has 0 spiro atoms. The fourth-order valence-electron chi connectivity index (χ4n) is 4.62. The number of ether oxygens (including phenoxy) is 1. The molecule has 0 saturated carbocycles. The van der Waals surface area contributed by atoms with Crippen molar-refractivity contribution in [3.8, 4) is 0 Å². The molecule has 2 heterocycles. The SMILES string of the molecule is CC(=O)NCCCCCC(=O)N1CCC(C2(C)CN(Cc3ccccc3)C(=O)O2)CC1. The third-order valence-corrected chi connectivity index (χ3v) is 6.45. The van der Waals surface area contributed by atoms with E-state index < -0.39 is 5.60 Å². The van der Waals surface area contributed by atoms with Gasteiger partial charge < -0.3 is 15.0 Å². The number of unbranched alkanes of at least 4 members (excludes halogenated alkanes) is 2. The van der Waals surface area contributed by atoms with Gasteiger partial charge in [0.05, 0.1) is 6.54 Å². The van der Waals surface area contributed by atoms with Crippen molar-refractivity contribution in [1.82, 2.24) is 15.1 Å². The van der Waals surface area contributed by atoms with Gasteiger partial charge in [-0.25, -0.2) is 4.79 Å². The molecule has 31 heavy (non-hydrogen) atoms. The number of hydrogen-bond donors (Lipinski definition) is 1. The first-order chi connectivity index (χ1) is 14.9. The largest absolute Gasteiger partial charge is 0.441 e. The maximum Gasteiger partial charge on any atom is 0.410 e. The maximum absolute atomic E-state index is 12.5. The molecule has 1 atom stereocenters. The lowest BCUT2D eigenvalue weighted by Crippen LogP contribution is -2.47. The van der Waals surface area contributed by atoms with E-state index in [0.717, 1.165) is 50.8 Å². The standard InChI is InChI=1S/C24H35N3O4/c1-19(28)25-14-8-4-7-11-22(29)26-15-12-21(13-16-26)24(2)18-27(23(30)31-24)17-20-9-5-3-6-10-20/h3,5-6,9-10,21H,4,7-8,11-18H2,1-2H3,(H,25,28). The third kappa shape index (κ3) is 6.45. The molecule has 1 unspecified atom stereocenters. The number of piperidine rings is 1. The van der Waals surface area contributed by atoms with E-state index in [4.69, 9.17) is 4.74 Å².